The maximum absolute atomic E-state index is 11.4. The van der Waals surface area contributed by atoms with Crippen molar-refractivity contribution in [2.75, 3.05) is 0 Å². The Morgan fingerprint density at radius 1 is 0.821 bits per heavy atom. The maximum atomic E-state index is 11.4. The number of hydrogen-bond acceptors (Lipinski definition) is 0. The third-order valence-electron chi connectivity index (χ3n) is 7.12. The number of aryl methyl sites for hydroxylation is 2. The molecule has 3 rings (SSSR count). The molecule has 0 unspecified atom stereocenters. The van der Waals surface area contributed by atoms with Gasteiger partial charge in [0.15, 0.2) is 0 Å². The zero-order valence-corrected chi connectivity index (χ0v) is 26.7. The fourth-order valence-corrected chi connectivity index (χ4v) is 7.03. The third kappa shape index (κ3) is 10.0. The first-order chi connectivity index (χ1) is 19.0. The summed E-state index contributed by atoms with van der Waals surface area (Å²) in [6.45, 7) is 11.1. The van der Waals surface area contributed by atoms with E-state index in [1.807, 2.05) is 12.1 Å². The van der Waals surface area contributed by atoms with Crippen molar-refractivity contribution in [2.24, 2.45) is 0 Å². The van der Waals surface area contributed by atoms with Gasteiger partial charge in [-0.15, -0.1) is 12.3 Å². The monoisotopic (exact) mass is 616 g/mol. The van der Waals surface area contributed by atoms with Crippen molar-refractivity contribution in [3.8, 4) is 12.3 Å². The Balaban J connectivity index is 0.000000510. The summed E-state index contributed by atoms with van der Waals surface area (Å²) in [5.41, 5.74) is 20.3. The van der Waals surface area contributed by atoms with E-state index in [4.69, 9.17) is 6.42 Å². The Labute approximate surface area is 248 Å². The number of benzene rings is 2. The van der Waals surface area contributed by atoms with E-state index in [1.165, 1.54) is 75.3 Å². The predicted molar refractivity (Wildman–Crippen MR) is 166 cm³/mol. The predicted octanol–water partition coefficient (Wildman–Crippen LogP) is 11.1. The van der Waals surface area contributed by atoms with Crippen molar-refractivity contribution >= 4 is 11.4 Å². The number of hydrogen-bond donors (Lipinski definition) is 0. The van der Waals surface area contributed by atoms with Gasteiger partial charge in [-0.2, -0.15) is 0 Å². The second kappa shape index (κ2) is 18.9. The summed E-state index contributed by atoms with van der Waals surface area (Å²) in [6.07, 6.45) is 18.1. The van der Waals surface area contributed by atoms with E-state index in [1.54, 1.807) is 0 Å². The number of nitrogens with zero attached hydrogens (tertiary/aromatic N) is 2. The van der Waals surface area contributed by atoms with Crippen LogP contribution >= 0.6 is 0 Å². The molecule has 2 aromatic rings. The van der Waals surface area contributed by atoms with Crippen molar-refractivity contribution in [1.29, 1.82) is 0 Å². The molecule has 0 bridgehead atoms. The summed E-state index contributed by atoms with van der Waals surface area (Å²) < 4.78 is 1.43. The molecule has 0 atom stereocenters. The van der Waals surface area contributed by atoms with Gasteiger partial charge in [0.05, 0.1) is 0 Å². The van der Waals surface area contributed by atoms with Gasteiger partial charge in [-0.1, -0.05) is 57.0 Å². The second-order valence-corrected chi connectivity index (χ2v) is 12.5. The molecule has 0 N–H and O–H groups in total. The molecule has 39 heavy (non-hydrogen) atoms. The Hall–Kier alpha value is -2.26. The number of allylic oxidation sites excluding steroid dienone is 2. The van der Waals surface area contributed by atoms with Crippen molar-refractivity contribution in [1.82, 2.24) is 0 Å². The molecule has 1 aliphatic heterocycles. The molecule has 214 valence electrons. The average Bonchev–Trinajstić information content (AvgIpc) is 3.21. The fourth-order valence-electron chi connectivity index (χ4n) is 4.76. The van der Waals surface area contributed by atoms with Crippen LogP contribution in [-0.2, 0) is 30.8 Å². The minimum atomic E-state index is 0.691. The zero-order valence-electron chi connectivity index (χ0n) is 25.1. The second-order valence-electron chi connectivity index (χ2n) is 10.2. The summed E-state index contributed by atoms with van der Waals surface area (Å²) in [5, 5.41) is 0. The number of terminal acetylenes is 1. The van der Waals surface area contributed by atoms with Crippen molar-refractivity contribution in [3.05, 3.63) is 87.5 Å². The fraction of sp³-hybridized carbons (Fsp3) is 0.500. The molecule has 0 saturated carbocycles. The van der Waals surface area contributed by atoms with Crippen molar-refractivity contribution in [3.63, 3.8) is 0 Å². The Morgan fingerprint density at radius 3 is 2.15 bits per heavy atom. The zero-order chi connectivity index (χ0) is 28.5. The molecule has 3 heteroatoms. The van der Waals surface area contributed by atoms with Crippen LogP contribution in [0.25, 0.3) is 16.9 Å². The molecule has 0 radical (unpaired) electrons. The van der Waals surface area contributed by atoms with Crippen LogP contribution in [0.3, 0.4) is 0 Å². The van der Waals surface area contributed by atoms with Gasteiger partial charge in [-0.05, 0) is 61.9 Å². The van der Waals surface area contributed by atoms with Crippen LogP contribution in [0.2, 0.25) is 9.79 Å². The van der Waals surface area contributed by atoms with Crippen molar-refractivity contribution in [2.45, 2.75) is 115 Å². The topological polar surface area (TPSA) is 25.3 Å². The van der Waals surface area contributed by atoms with Crippen LogP contribution in [-0.4, -0.2) is 4.70 Å². The van der Waals surface area contributed by atoms with Crippen LogP contribution in [0.5, 0.6) is 0 Å². The summed E-state index contributed by atoms with van der Waals surface area (Å²) in [6, 6.07) is 16.9. The van der Waals surface area contributed by atoms with Gasteiger partial charge in [0.2, 0.25) is 11.4 Å². The first-order valence-electron chi connectivity index (χ1n) is 15.0. The quantitative estimate of drug-likeness (QED) is 0.0823. The van der Waals surface area contributed by atoms with E-state index in [0.29, 0.717) is 6.42 Å². The van der Waals surface area contributed by atoms with Crippen LogP contribution < -0.4 is 0 Å². The van der Waals surface area contributed by atoms with Crippen LogP contribution in [0.1, 0.15) is 115 Å². The van der Waals surface area contributed by atoms with Gasteiger partial charge in [-0.25, -0.2) is 4.70 Å². The van der Waals surface area contributed by atoms with Crippen LogP contribution in [0, 0.1) is 12.3 Å². The minimum absolute atomic E-state index is 0.691. The molecule has 0 saturated heterocycles. The van der Waals surface area contributed by atoms with Crippen LogP contribution in [0.15, 0.2) is 59.7 Å². The normalized spacial score (nSPS) is 13.1. The van der Waals surface area contributed by atoms with E-state index >= 15 is 0 Å². The van der Waals surface area contributed by atoms with E-state index in [-0.39, 0.29) is 0 Å². The first-order valence-corrected chi connectivity index (χ1v) is 17.2. The first kappa shape index (κ1) is 33.0. The van der Waals surface area contributed by atoms with Crippen LogP contribution in [0.4, 0.5) is 0 Å². The molecule has 0 amide bonds. The average molecular weight is 617 g/mol. The van der Waals surface area contributed by atoms with E-state index < -0.39 is 0 Å². The van der Waals surface area contributed by atoms with E-state index in [9.17, 15) is 5.53 Å². The van der Waals surface area contributed by atoms with E-state index in [2.05, 4.69) is 76.9 Å². The molecule has 0 spiro atoms. The molecular weight excluding hydrogens is 567 g/mol. The number of rotatable bonds is 15. The van der Waals surface area contributed by atoms with Gasteiger partial charge >= 0.3 is 67.3 Å². The summed E-state index contributed by atoms with van der Waals surface area (Å²) in [5.74, 6) is 2.74. The van der Waals surface area contributed by atoms with Gasteiger partial charge in [0, 0.05) is 28.7 Å². The Morgan fingerprint density at radius 2 is 1.51 bits per heavy atom. The SMILES string of the molecule is C#CCCc1ccccc1C1=C(C)C(CCCCC)=C(c2cccc(CC)c2)[N+]1=[N-].CCC[CH2][Pd][CH2]CCC. The van der Waals surface area contributed by atoms with Gasteiger partial charge in [0.25, 0.3) is 0 Å². The summed E-state index contributed by atoms with van der Waals surface area (Å²) in [4.78, 5) is 3.01. The van der Waals surface area contributed by atoms with Gasteiger partial charge < -0.3 is 5.53 Å². The molecular formula is C36H50N2Pd. The molecule has 2 nitrogen and oxygen atoms in total. The molecule has 1 aliphatic rings. The number of unbranched alkanes of at least 4 members (excludes halogenated alkanes) is 4. The summed E-state index contributed by atoms with van der Waals surface area (Å²) in [7, 11) is 0. The third-order valence-corrected chi connectivity index (χ3v) is 9.32. The van der Waals surface area contributed by atoms with E-state index in [0.717, 1.165) is 66.2 Å². The molecule has 0 fully saturated rings. The molecule has 0 aliphatic carbocycles. The van der Waals surface area contributed by atoms with Crippen molar-refractivity contribution < 1.29 is 22.7 Å². The molecule has 2 aromatic carbocycles. The Kier molecular flexibility index (Phi) is 16.0. The van der Waals surface area contributed by atoms with Gasteiger partial charge in [0.1, 0.15) is 0 Å². The molecule has 1 heterocycles. The van der Waals surface area contributed by atoms with Gasteiger partial charge in [-0.3, -0.25) is 0 Å². The standard InChI is InChI=1S/C28H32N2.2C4H9.Pd/c1-5-8-10-18-25-21(4)27(26-19-12-11-16-23(26)15-9-6-2)30(29)28(25)24-17-13-14-22(7-3)20-24;2*1-3-4-2;/h2,11-14,16-17,19-20H,5,7-10,15,18H2,1,3-4H3;2*1,3-4H2,2H3;. The molecule has 0 aromatic heterocycles. The summed E-state index contributed by atoms with van der Waals surface area (Å²) >= 11 is 1.07. The Bertz CT molecular complexity index is 1140.